The lowest BCUT2D eigenvalue weighted by atomic mass is 9.91. The van der Waals surface area contributed by atoms with Crippen LogP contribution in [0.3, 0.4) is 0 Å². The molecule has 1 aromatic heterocycles. The fourth-order valence-electron chi connectivity index (χ4n) is 2.31. The van der Waals surface area contributed by atoms with E-state index in [2.05, 4.69) is 14.9 Å². The molecule has 2 rings (SSSR count). The summed E-state index contributed by atoms with van der Waals surface area (Å²) in [6.45, 7) is 5.46. The molecule has 0 aliphatic heterocycles. The third kappa shape index (κ3) is 3.72. The number of hydrogen-bond donors (Lipinski definition) is 0. The van der Waals surface area contributed by atoms with Crippen LogP contribution >= 0.6 is 11.6 Å². The van der Waals surface area contributed by atoms with Gasteiger partial charge in [-0.05, 0) is 39.5 Å². The number of aryl methyl sites for hydroxylation is 1. The minimum absolute atomic E-state index is 0.604. The van der Waals surface area contributed by atoms with Crippen LogP contribution in [-0.4, -0.2) is 35.0 Å². The second-order valence-electron chi connectivity index (χ2n) is 4.87. The summed E-state index contributed by atoms with van der Waals surface area (Å²) in [6, 6.07) is 2.55. The van der Waals surface area contributed by atoms with Gasteiger partial charge in [-0.1, -0.05) is 0 Å². The van der Waals surface area contributed by atoms with Gasteiger partial charge in [0.1, 0.15) is 11.6 Å². The van der Waals surface area contributed by atoms with Crippen LogP contribution in [0.25, 0.3) is 0 Å². The van der Waals surface area contributed by atoms with Gasteiger partial charge >= 0.3 is 0 Å². The van der Waals surface area contributed by atoms with Gasteiger partial charge in [-0.25, -0.2) is 4.98 Å². The van der Waals surface area contributed by atoms with Crippen LogP contribution < -0.4 is 9.64 Å². The molecule has 1 saturated carbocycles. The highest BCUT2D eigenvalue weighted by molar-refractivity contribution is 6.17. The SMILES string of the molecule is CCOc1cc(N(CCCCl)C2CCC2)nc(C)n1. The fraction of sp³-hybridized carbons (Fsp3) is 0.714. The van der Waals surface area contributed by atoms with Gasteiger partial charge < -0.3 is 9.64 Å². The topological polar surface area (TPSA) is 38.2 Å². The summed E-state index contributed by atoms with van der Waals surface area (Å²) in [6.07, 6.45) is 4.78. The van der Waals surface area contributed by atoms with Crippen molar-refractivity contribution in [1.82, 2.24) is 9.97 Å². The van der Waals surface area contributed by atoms with E-state index in [9.17, 15) is 0 Å². The highest BCUT2D eigenvalue weighted by Gasteiger charge is 2.26. The van der Waals surface area contributed by atoms with Crippen molar-refractivity contribution in [2.75, 3.05) is 23.9 Å². The molecule has 1 aliphatic rings. The third-order valence-electron chi connectivity index (χ3n) is 3.44. The second kappa shape index (κ2) is 6.94. The molecular formula is C14H22ClN3O. The molecular weight excluding hydrogens is 262 g/mol. The number of nitrogens with zero attached hydrogens (tertiary/aromatic N) is 3. The Labute approximate surface area is 120 Å². The Morgan fingerprint density at radius 3 is 2.79 bits per heavy atom. The Morgan fingerprint density at radius 2 is 2.21 bits per heavy atom. The molecule has 106 valence electrons. The van der Waals surface area contributed by atoms with E-state index in [1.54, 1.807) is 0 Å². The molecule has 1 heterocycles. The van der Waals surface area contributed by atoms with E-state index >= 15 is 0 Å². The molecule has 19 heavy (non-hydrogen) atoms. The Kier molecular flexibility index (Phi) is 5.25. The van der Waals surface area contributed by atoms with Gasteiger partial charge in [0.2, 0.25) is 5.88 Å². The fourth-order valence-corrected chi connectivity index (χ4v) is 2.43. The van der Waals surface area contributed by atoms with Crippen LogP contribution in [0.1, 0.15) is 38.4 Å². The van der Waals surface area contributed by atoms with Crippen LogP contribution in [0.15, 0.2) is 6.07 Å². The quantitative estimate of drug-likeness (QED) is 0.721. The number of ether oxygens (including phenoxy) is 1. The van der Waals surface area contributed by atoms with E-state index < -0.39 is 0 Å². The van der Waals surface area contributed by atoms with E-state index in [0.717, 1.165) is 24.6 Å². The number of hydrogen-bond acceptors (Lipinski definition) is 4. The maximum Gasteiger partial charge on any atom is 0.218 e. The molecule has 1 fully saturated rings. The minimum atomic E-state index is 0.604. The average molecular weight is 284 g/mol. The van der Waals surface area contributed by atoms with Crippen LogP contribution in [0.5, 0.6) is 5.88 Å². The molecule has 5 heteroatoms. The normalized spacial score (nSPS) is 15.1. The van der Waals surface area contributed by atoms with Crippen LogP contribution in [0, 0.1) is 6.92 Å². The van der Waals surface area contributed by atoms with Gasteiger partial charge in [-0.3, -0.25) is 0 Å². The lowest BCUT2D eigenvalue weighted by Crippen LogP contribution is -2.41. The highest BCUT2D eigenvalue weighted by Crippen LogP contribution is 2.30. The van der Waals surface area contributed by atoms with Crippen LogP contribution in [-0.2, 0) is 0 Å². The van der Waals surface area contributed by atoms with Crippen molar-refractivity contribution < 1.29 is 4.74 Å². The number of aromatic nitrogens is 2. The summed E-state index contributed by atoms with van der Waals surface area (Å²) in [7, 11) is 0. The summed E-state index contributed by atoms with van der Waals surface area (Å²) in [5.41, 5.74) is 0. The Hall–Kier alpha value is -1.03. The van der Waals surface area contributed by atoms with Gasteiger partial charge in [-0.15, -0.1) is 11.6 Å². The molecule has 0 amide bonds. The second-order valence-corrected chi connectivity index (χ2v) is 5.24. The van der Waals surface area contributed by atoms with Crippen molar-refractivity contribution in [2.45, 2.75) is 45.6 Å². The highest BCUT2D eigenvalue weighted by atomic mass is 35.5. The summed E-state index contributed by atoms with van der Waals surface area (Å²) in [5, 5.41) is 0. The first-order valence-corrected chi connectivity index (χ1v) is 7.59. The zero-order chi connectivity index (χ0) is 13.7. The molecule has 4 nitrogen and oxygen atoms in total. The predicted molar refractivity (Wildman–Crippen MR) is 78.3 cm³/mol. The van der Waals surface area contributed by atoms with Gasteiger partial charge in [-0.2, -0.15) is 4.98 Å². The number of anilines is 1. The molecule has 0 N–H and O–H groups in total. The smallest absolute Gasteiger partial charge is 0.218 e. The van der Waals surface area contributed by atoms with Gasteiger partial charge in [0.05, 0.1) is 6.61 Å². The summed E-state index contributed by atoms with van der Waals surface area (Å²) < 4.78 is 5.51. The first kappa shape index (κ1) is 14.4. The molecule has 1 aromatic rings. The minimum Gasteiger partial charge on any atom is -0.478 e. The number of alkyl halides is 1. The van der Waals surface area contributed by atoms with Crippen molar-refractivity contribution in [2.24, 2.45) is 0 Å². The van der Waals surface area contributed by atoms with E-state index in [0.29, 0.717) is 24.4 Å². The van der Waals surface area contributed by atoms with E-state index in [1.165, 1.54) is 19.3 Å². The van der Waals surface area contributed by atoms with Gasteiger partial charge in [0.15, 0.2) is 0 Å². The monoisotopic (exact) mass is 283 g/mol. The van der Waals surface area contributed by atoms with E-state index in [4.69, 9.17) is 16.3 Å². The first-order valence-electron chi connectivity index (χ1n) is 7.05. The standard InChI is InChI=1S/C14H22ClN3O/c1-3-19-14-10-13(16-11(2)17-14)18(9-5-8-15)12-6-4-7-12/h10,12H,3-9H2,1-2H3. The lowest BCUT2D eigenvalue weighted by Gasteiger charge is -2.38. The van der Waals surface area contributed by atoms with Crippen molar-refractivity contribution in [3.8, 4) is 5.88 Å². The van der Waals surface area contributed by atoms with Gasteiger partial charge in [0, 0.05) is 24.5 Å². The summed E-state index contributed by atoms with van der Waals surface area (Å²) in [4.78, 5) is 11.2. The largest absolute Gasteiger partial charge is 0.478 e. The van der Waals surface area contributed by atoms with Crippen LogP contribution in [0.2, 0.25) is 0 Å². The van der Waals surface area contributed by atoms with Crippen molar-refractivity contribution in [3.63, 3.8) is 0 Å². The summed E-state index contributed by atoms with van der Waals surface area (Å²) >= 11 is 5.83. The zero-order valence-corrected chi connectivity index (χ0v) is 12.5. The van der Waals surface area contributed by atoms with Gasteiger partial charge in [0.25, 0.3) is 0 Å². The zero-order valence-electron chi connectivity index (χ0n) is 11.7. The van der Waals surface area contributed by atoms with Crippen LogP contribution in [0.4, 0.5) is 5.82 Å². The average Bonchev–Trinajstić information content (AvgIpc) is 2.31. The third-order valence-corrected chi connectivity index (χ3v) is 3.70. The first-order chi connectivity index (χ1) is 9.24. The molecule has 0 unspecified atom stereocenters. The van der Waals surface area contributed by atoms with Crippen molar-refractivity contribution >= 4 is 17.4 Å². The Morgan fingerprint density at radius 1 is 1.42 bits per heavy atom. The molecule has 0 saturated heterocycles. The molecule has 0 radical (unpaired) electrons. The Bertz CT molecular complexity index is 410. The summed E-state index contributed by atoms with van der Waals surface area (Å²) in [5.74, 6) is 3.09. The molecule has 0 aromatic carbocycles. The van der Waals surface area contributed by atoms with E-state index in [-0.39, 0.29) is 0 Å². The molecule has 1 aliphatic carbocycles. The maximum absolute atomic E-state index is 5.83. The molecule has 0 spiro atoms. The lowest BCUT2D eigenvalue weighted by molar-refractivity contribution is 0.324. The molecule has 0 atom stereocenters. The number of halogens is 1. The Balaban J connectivity index is 2.18. The van der Waals surface area contributed by atoms with E-state index in [1.807, 2.05) is 19.9 Å². The predicted octanol–water partition coefficient (Wildman–Crippen LogP) is 3.17. The van der Waals surface area contributed by atoms with Crippen molar-refractivity contribution in [3.05, 3.63) is 11.9 Å². The maximum atomic E-state index is 5.83. The van der Waals surface area contributed by atoms with Crippen molar-refractivity contribution in [1.29, 1.82) is 0 Å². The molecule has 0 bridgehead atoms. The number of rotatable bonds is 7.